The van der Waals surface area contributed by atoms with Crippen molar-refractivity contribution in [3.63, 3.8) is 0 Å². The number of sulfonamides is 1. The number of carbonyl (C=O) groups excluding carboxylic acids is 1. The third kappa shape index (κ3) is 5.49. The Kier molecular flexibility index (Phi) is 7.32. The van der Waals surface area contributed by atoms with Crippen LogP contribution in [0.25, 0.3) is 0 Å². The van der Waals surface area contributed by atoms with Gasteiger partial charge in [-0.3, -0.25) is 4.79 Å². The Morgan fingerprint density at radius 3 is 2.17 bits per heavy atom. The minimum Gasteiger partial charge on any atom is -0.349 e. The summed E-state index contributed by atoms with van der Waals surface area (Å²) in [5, 5.41) is 3.10. The minimum atomic E-state index is -3.49. The van der Waals surface area contributed by atoms with Crippen LogP contribution in [-0.4, -0.2) is 31.7 Å². The predicted molar refractivity (Wildman–Crippen MR) is 119 cm³/mol. The summed E-state index contributed by atoms with van der Waals surface area (Å²) in [6.45, 7) is 7.13. The van der Waals surface area contributed by atoms with Crippen LogP contribution in [0, 0.1) is 11.8 Å². The number of amides is 1. The molecule has 1 aliphatic rings. The first-order valence-corrected chi connectivity index (χ1v) is 12.2. The smallest absolute Gasteiger partial charge is 0.243 e. The fraction of sp³-hybridized carbons (Fsp3) is 0.458. The molecule has 1 unspecified atom stereocenters. The van der Waals surface area contributed by atoms with Gasteiger partial charge >= 0.3 is 0 Å². The van der Waals surface area contributed by atoms with Crippen molar-refractivity contribution in [3.05, 3.63) is 65.7 Å². The van der Waals surface area contributed by atoms with E-state index >= 15 is 0 Å². The summed E-state index contributed by atoms with van der Waals surface area (Å²) in [6, 6.07) is 16.8. The van der Waals surface area contributed by atoms with Crippen molar-refractivity contribution in [2.75, 3.05) is 13.1 Å². The summed E-state index contributed by atoms with van der Waals surface area (Å²) in [7, 11) is -3.49. The average Bonchev–Trinajstić information content (AvgIpc) is 2.74. The fourth-order valence-electron chi connectivity index (χ4n) is 3.93. The highest BCUT2D eigenvalue weighted by atomic mass is 32.2. The number of nitrogens with zero attached hydrogens (tertiary/aromatic N) is 1. The lowest BCUT2D eigenvalue weighted by Crippen LogP contribution is -2.43. The quantitative estimate of drug-likeness (QED) is 0.720. The molecule has 1 amide bonds. The average molecular weight is 429 g/mol. The van der Waals surface area contributed by atoms with Crippen molar-refractivity contribution in [1.82, 2.24) is 9.62 Å². The molecule has 1 aliphatic heterocycles. The van der Waals surface area contributed by atoms with Crippen molar-refractivity contribution < 1.29 is 13.2 Å². The summed E-state index contributed by atoms with van der Waals surface area (Å²) in [4.78, 5) is 13.0. The van der Waals surface area contributed by atoms with Crippen LogP contribution in [0.5, 0.6) is 0 Å². The van der Waals surface area contributed by atoms with E-state index in [4.69, 9.17) is 0 Å². The number of rotatable bonds is 7. The van der Waals surface area contributed by atoms with E-state index in [1.54, 1.807) is 30.3 Å². The standard InChI is InChI=1S/C24H32N2O3S/c1-18(2)17-20-9-11-21(12-10-20)19(3)25-24(27)22-13-15-26(16-14-22)30(28,29)23-7-5-4-6-8-23/h4-12,18-19,22H,13-17H2,1-3H3,(H,25,27). The van der Waals surface area contributed by atoms with Crippen molar-refractivity contribution in [2.45, 2.75) is 51.0 Å². The van der Waals surface area contributed by atoms with Gasteiger partial charge in [0.1, 0.15) is 0 Å². The molecular formula is C24H32N2O3S. The Hall–Kier alpha value is -2.18. The summed E-state index contributed by atoms with van der Waals surface area (Å²) in [5.41, 5.74) is 2.39. The second-order valence-corrected chi connectivity index (χ2v) is 10.5. The van der Waals surface area contributed by atoms with Gasteiger partial charge in [0.2, 0.25) is 15.9 Å². The molecule has 1 N–H and O–H groups in total. The van der Waals surface area contributed by atoms with Crippen molar-refractivity contribution in [2.24, 2.45) is 11.8 Å². The van der Waals surface area contributed by atoms with Crippen LogP contribution in [0.1, 0.15) is 50.8 Å². The van der Waals surface area contributed by atoms with Gasteiger partial charge in [-0.25, -0.2) is 8.42 Å². The van der Waals surface area contributed by atoms with E-state index in [2.05, 4.69) is 43.4 Å². The van der Waals surface area contributed by atoms with Crippen molar-refractivity contribution in [3.8, 4) is 0 Å². The van der Waals surface area contributed by atoms with Crippen LogP contribution in [-0.2, 0) is 21.2 Å². The molecular weight excluding hydrogens is 396 g/mol. The first kappa shape index (κ1) is 22.5. The van der Waals surface area contributed by atoms with Crippen LogP contribution in [0.2, 0.25) is 0 Å². The summed E-state index contributed by atoms with van der Waals surface area (Å²) in [5.74, 6) is 0.463. The van der Waals surface area contributed by atoms with Crippen LogP contribution in [0.3, 0.4) is 0 Å². The SMILES string of the molecule is CC(C)Cc1ccc(C(C)NC(=O)C2CCN(S(=O)(=O)c3ccccc3)CC2)cc1. The lowest BCUT2D eigenvalue weighted by molar-refractivity contribution is -0.126. The monoisotopic (exact) mass is 428 g/mol. The second kappa shape index (κ2) is 9.75. The van der Waals surface area contributed by atoms with E-state index in [-0.39, 0.29) is 17.9 Å². The molecule has 1 atom stereocenters. The van der Waals surface area contributed by atoms with Gasteiger partial charge in [-0.1, -0.05) is 56.3 Å². The number of carbonyl (C=O) groups is 1. The summed E-state index contributed by atoms with van der Waals surface area (Å²) < 4.78 is 27.0. The maximum absolute atomic E-state index is 12.7. The topological polar surface area (TPSA) is 66.5 Å². The second-order valence-electron chi connectivity index (χ2n) is 8.56. The van der Waals surface area contributed by atoms with Gasteiger partial charge in [-0.2, -0.15) is 4.31 Å². The third-order valence-electron chi connectivity index (χ3n) is 5.69. The number of hydrogen-bond acceptors (Lipinski definition) is 3. The molecule has 162 valence electrons. The lowest BCUT2D eigenvalue weighted by atomic mass is 9.96. The lowest BCUT2D eigenvalue weighted by Gasteiger charge is -2.31. The molecule has 0 radical (unpaired) electrons. The molecule has 2 aromatic carbocycles. The van der Waals surface area contributed by atoms with Gasteiger partial charge < -0.3 is 5.32 Å². The molecule has 1 fully saturated rings. The normalized spacial score (nSPS) is 17.1. The molecule has 2 aromatic rings. The van der Waals surface area contributed by atoms with E-state index in [0.29, 0.717) is 36.7 Å². The summed E-state index contributed by atoms with van der Waals surface area (Å²) in [6.07, 6.45) is 2.13. The molecule has 0 bridgehead atoms. The fourth-order valence-corrected chi connectivity index (χ4v) is 5.42. The summed E-state index contributed by atoms with van der Waals surface area (Å²) >= 11 is 0. The van der Waals surface area contributed by atoms with Crippen LogP contribution < -0.4 is 5.32 Å². The van der Waals surface area contributed by atoms with Crippen molar-refractivity contribution in [1.29, 1.82) is 0 Å². The molecule has 1 heterocycles. The molecule has 6 heteroatoms. The highest BCUT2D eigenvalue weighted by Gasteiger charge is 2.32. The highest BCUT2D eigenvalue weighted by Crippen LogP contribution is 2.25. The Balaban J connectivity index is 1.54. The molecule has 0 aliphatic carbocycles. The van der Waals surface area contributed by atoms with Gasteiger partial charge in [0.05, 0.1) is 10.9 Å². The number of piperidine rings is 1. The number of hydrogen-bond donors (Lipinski definition) is 1. The molecule has 0 aromatic heterocycles. The zero-order valence-corrected chi connectivity index (χ0v) is 18.9. The maximum Gasteiger partial charge on any atom is 0.243 e. The predicted octanol–water partition coefficient (Wildman–Crippen LogP) is 4.16. The molecule has 30 heavy (non-hydrogen) atoms. The van der Waals surface area contributed by atoms with E-state index in [9.17, 15) is 13.2 Å². The molecule has 1 saturated heterocycles. The van der Waals surface area contributed by atoms with Gasteiger partial charge in [0.25, 0.3) is 0 Å². The first-order chi connectivity index (χ1) is 14.3. The van der Waals surface area contributed by atoms with Crippen LogP contribution in [0.4, 0.5) is 0 Å². The third-order valence-corrected chi connectivity index (χ3v) is 7.60. The molecule has 3 rings (SSSR count). The van der Waals surface area contributed by atoms with Crippen LogP contribution >= 0.6 is 0 Å². The highest BCUT2D eigenvalue weighted by molar-refractivity contribution is 7.89. The van der Waals surface area contributed by atoms with Gasteiger partial charge in [0.15, 0.2) is 0 Å². The Labute approximate surface area is 180 Å². The van der Waals surface area contributed by atoms with Crippen molar-refractivity contribution >= 4 is 15.9 Å². The zero-order valence-electron chi connectivity index (χ0n) is 18.0. The number of nitrogens with one attached hydrogen (secondary N) is 1. The van der Waals surface area contributed by atoms with Gasteiger partial charge in [-0.15, -0.1) is 0 Å². The molecule has 5 nitrogen and oxygen atoms in total. The van der Waals surface area contributed by atoms with E-state index in [0.717, 1.165) is 12.0 Å². The van der Waals surface area contributed by atoms with E-state index < -0.39 is 10.0 Å². The minimum absolute atomic E-state index is 0.00511. The molecule has 0 spiro atoms. The Bertz CT molecular complexity index is 932. The van der Waals surface area contributed by atoms with E-state index in [1.165, 1.54) is 9.87 Å². The Morgan fingerprint density at radius 2 is 1.60 bits per heavy atom. The molecule has 0 saturated carbocycles. The maximum atomic E-state index is 12.7. The van der Waals surface area contributed by atoms with Gasteiger partial charge in [0, 0.05) is 19.0 Å². The largest absolute Gasteiger partial charge is 0.349 e. The van der Waals surface area contributed by atoms with Gasteiger partial charge in [-0.05, 0) is 55.4 Å². The number of benzene rings is 2. The van der Waals surface area contributed by atoms with E-state index in [1.807, 2.05) is 6.92 Å². The van der Waals surface area contributed by atoms with Crippen LogP contribution in [0.15, 0.2) is 59.5 Å². The first-order valence-electron chi connectivity index (χ1n) is 10.7. The Morgan fingerprint density at radius 1 is 1.00 bits per heavy atom. The zero-order chi connectivity index (χ0) is 21.7.